The quantitative estimate of drug-likeness (QED) is 0.429. The summed E-state index contributed by atoms with van der Waals surface area (Å²) in [6, 6.07) is 13.3. The van der Waals surface area contributed by atoms with E-state index in [0.29, 0.717) is 18.8 Å². The average Bonchev–Trinajstić information content (AvgIpc) is 2.78. The third-order valence-corrected chi connectivity index (χ3v) is 5.32. The van der Waals surface area contributed by atoms with Gasteiger partial charge < -0.3 is 14.7 Å². The van der Waals surface area contributed by atoms with Crippen molar-refractivity contribution < 1.29 is 24.2 Å². The van der Waals surface area contributed by atoms with Gasteiger partial charge in [-0.15, -0.1) is 0 Å². The summed E-state index contributed by atoms with van der Waals surface area (Å²) < 4.78 is 5.36. The van der Waals surface area contributed by atoms with Crippen molar-refractivity contribution in [2.45, 2.75) is 0 Å². The first-order chi connectivity index (χ1) is 14.9. The van der Waals surface area contributed by atoms with Gasteiger partial charge in [0.15, 0.2) is 5.11 Å². The molecule has 0 aromatic heterocycles. The minimum absolute atomic E-state index is 0.00855. The molecule has 0 spiro atoms. The van der Waals surface area contributed by atoms with Gasteiger partial charge in [0.05, 0.1) is 24.5 Å². The second-order valence-electron chi connectivity index (χ2n) is 7.00. The number of benzene rings is 2. The maximum Gasteiger partial charge on any atom is 0.335 e. The van der Waals surface area contributed by atoms with Crippen LogP contribution in [0.2, 0.25) is 0 Å². The Kier molecular flexibility index (Phi) is 5.79. The fourth-order valence-corrected chi connectivity index (χ4v) is 3.72. The second-order valence-corrected chi connectivity index (χ2v) is 7.39. The van der Waals surface area contributed by atoms with Crippen LogP contribution in [0.5, 0.6) is 0 Å². The van der Waals surface area contributed by atoms with E-state index >= 15 is 0 Å². The molecule has 0 atom stereocenters. The van der Waals surface area contributed by atoms with E-state index in [-0.39, 0.29) is 21.9 Å². The van der Waals surface area contributed by atoms with E-state index in [4.69, 9.17) is 17.0 Å². The number of carbonyl (C=O) groups excluding carboxylic acids is 2. The van der Waals surface area contributed by atoms with Gasteiger partial charge in [-0.25, -0.2) is 4.79 Å². The molecule has 2 saturated heterocycles. The van der Waals surface area contributed by atoms with Crippen molar-refractivity contribution >= 4 is 52.6 Å². The number of thiocarbonyl (C=S) groups is 1. The Morgan fingerprint density at radius 2 is 1.77 bits per heavy atom. The molecule has 0 radical (unpaired) electrons. The lowest BCUT2D eigenvalue weighted by Gasteiger charge is -2.29. The van der Waals surface area contributed by atoms with Crippen LogP contribution in [0, 0.1) is 0 Å². The summed E-state index contributed by atoms with van der Waals surface area (Å²) in [6.45, 7) is 2.98. The monoisotopic (exact) mass is 437 g/mol. The molecule has 0 unspecified atom stereocenters. The number of carbonyl (C=O) groups is 3. The fraction of sp³-hybridized carbons (Fsp3) is 0.182. The molecule has 2 aromatic carbocycles. The Morgan fingerprint density at radius 1 is 1.06 bits per heavy atom. The number of nitrogens with zero attached hydrogens (tertiary/aromatic N) is 2. The van der Waals surface area contributed by atoms with Crippen LogP contribution in [0.1, 0.15) is 15.9 Å². The van der Waals surface area contributed by atoms with Crippen LogP contribution < -0.4 is 15.1 Å². The zero-order valence-electron chi connectivity index (χ0n) is 16.4. The molecular formula is C22H19N3O5S. The zero-order chi connectivity index (χ0) is 22.0. The topological polar surface area (TPSA) is 99.2 Å². The lowest BCUT2D eigenvalue weighted by Crippen LogP contribution is -2.54. The van der Waals surface area contributed by atoms with Gasteiger partial charge in [-0.2, -0.15) is 0 Å². The largest absolute Gasteiger partial charge is 0.478 e. The summed E-state index contributed by atoms with van der Waals surface area (Å²) in [5, 5.41) is 11.6. The number of rotatable bonds is 4. The lowest BCUT2D eigenvalue weighted by atomic mass is 10.1. The van der Waals surface area contributed by atoms with Crippen molar-refractivity contribution in [1.29, 1.82) is 0 Å². The number of hydrogen-bond donors (Lipinski definition) is 2. The van der Waals surface area contributed by atoms with Crippen molar-refractivity contribution in [2.75, 3.05) is 36.1 Å². The van der Waals surface area contributed by atoms with Crippen LogP contribution in [0.25, 0.3) is 6.08 Å². The van der Waals surface area contributed by atoms with Crippen LogP contribution in [-0.2, 0) is 14.3 Å². The number of amides is 2. The molecule has 2 aliphatic rings. The molecule has 2 fully saturated rings. The highest BCUT2D eigenvalue weighted by atomic mass is 32.1. The van der Waals surface area contributed by atoms with Crippen molar-refractivity contribution in [3.63, 3.8) is 0 Å². The number of aromatic carboxylic acids is 1. The number of carboxylic acids is 1. The molecular weight excluding hydrogens is 418 g/mol. The van der Waals surface area contributed by atoms with Gasteiger partial charge in [0.2, 0.25) is 0 Å². The average molecular weight is 437 g/mol. The number of morpholine rings is 1. The summed E-state index contributed by atoms with van der Waals surface area (Å²) in [6.07, 6.45) is 1.50. The first kappa shape index (κ1) is 20.7. The number of anilines is 2. The maximum atomic E-state index is 13.1. The minimum atomic E-state index is -1.13. The Morgan fingerprint density at radius 3 is 2.45 bits per heavy atom. The van der Waals surface area contributed by atoms with E-state index in [1.54, 1.807) is 6.07 Å². The lowest BCUT2D eigenvalue weighted by molar-refractivity contribution is -0.122. The Labute approximate surface area is 183 Å². The predicted molar refractivity (Wildman–Crippen MR) is 119 cm³/mol. The van der Waals surface area contributed by atoms with Crippen molar-refractivity contribution in [3.05, 3.63) is 65.2 Å². The summed E-state index contributed by atoms with van der Waals surface area (Å²) in [5.41, 5.74) is 1.91. The van der Waals surface area contributed by atoms with Crippen LogP contribution >= 0.6 is 12.2 Å². The number of nitrogens with one attached hydrogen (secondary N) is 1. The summed E-state index contributed by atoms with van der Waals surface area (Å²) in [4.78, 5) is 40.1. The SMILES string of the molecule is O=C1NC(=S)N(c2cccc(C(=O)O)c2)C(=O)C1=Cc1ccc(N2CCOCC2)cc1. The van der Waals surface area contributed by atoms with E-state index in [1.807, 2.05) is 24.3 Å². The van der Waals surface area contributed by atoms with Crippen molar-refractivity contribution in [2.24, 2.45) is 0 Å². The van der Waals surface area contributed by atoms with Gasteiger partial charge in [-0.3, -0.25) is 19.8 Å². The van der Waals surface area contributed by atoms with Crippen LogP contribution in [0.15, 0.2) is 54.1 Å². The maximum absolute atomic E-state index is 13.1. The molecule has 2 N–H and O–H groups in total. The van der Waals surface area contributed by atoms with E-state index < -0.39 is 17.8 Å². The predicted octanol–water partition coefficient (Wildman–Crippen LogP) is 2.05. The van der Waals surface area contributed by atoms with Crippen molar-refractivity contribution in [3.8, 4) is 0 Å². The first-order valence-corrected chi connectivity index (χ1v) is 10.0. The molecule has 158 valence electrons. The molecule has 31 heavy (non-hydrogen) atoms. The number of carboxylic acid groups (broad SMARTS) is 1. The Balaban J connectivity index is 1.61. The van der Waals surface area contributed by atoms with Crippen LogP contribution in [-0.4, -0.2) is 54.3 Å². The summed E-state index contributed by atoms with van der Waals surface area (Å²) in [5.74, 6) is -2.34. The summed E-state index contributed by atoms with van der Waals surface area (Å²) in [7, 11) is 0. The Bertz CT molecular complexity index is 1090. The van der Waals surface area contributed by atoms with Crippen LogP contribution in [0.4, 0.5) is 11.4 Å². The van der Waals surface area contributed by atoms with E-state index in [0.717, 1.165) is 23.7 Å². The molecule has 2 heterocycles. The molecule has 0 aliphatic carbocycles. The molecule has 4 rings (SSSR count). The third kappa shape index (κ3) is 4.32. The number of ether oxygens (including phenoxy) is 1. The smallest absolute Gasteiger partial charge is 0.335 e. The highest BCUT2D eigenvalue weighted by Crippen LogP contribution is 2.24. The third-order valence-electron chi connectivity index (χ3n) is 5.03. The summed E-state index contributed by atoms with van der Waals surface area (Å²) >= 11 is 5.16. The molecule has 9 heteroatoms. The standard InChI is InChI=1S/C22H19N3O5S/c26-19-18(12-14-4-6-16(7-5-14)24-8-10-30-11-9-24)20(27)25(22(31)23-19)17-3-1-2-15(13-17)21(28)29/h1-7,12-13H,8-11H2,(H,28,29)(H,23,26,31). The first-order valence-electron chi connectivity index (χ1n) is 9.61. The molecule has 2 aromatic rings. The van der Waals surface area contributed by atoms with Crippen molar-refractivity contribution in [1.82, 2.24) is 5.32 Å². The highest BCUT2D eigenvalue weighted by molar-refractivity contribution is 7.80. The highest BCUT2D eigenvalue weighted by Gasteiger charge is 2.34. The van der Waals surface area contributed by atoms with E-state index in [2.05, 4.69) is 10.2 Å². The zero-order valence-corrected chi connectivity index (χ0v) is 17.2. The minimum Gasteiger partial charge on any atom is -0.478 e. The van der Waals surface area contributed by atoms with E-state index in [1.165, 1.54) is 24.3 Å². The second kappa shape index (κ2) is 8.66. The molecule has 2 aliphatic heterocycles. The Hall–Kier alpha value is -3.56. The van der Waals surface area contributed by atoms with Gasteiger partial charge in [0, 0.05) is 18.8 Å². The van der Waals surface area contributed by atoms with E-state index in [9.17, 15) is 19.5 Å². The number of hydrogen-bond acceptors (Lipinski definition) is 6. The molecule has 2 amide bonds. The van der Waals surface area contributed by atoms with Gasteiger partial charge in [-0.05, 0) is 54.2 Å². The van der Waals surface area contributed by atoms with Crippen LogP contribution in [0.3, 0.4) is 0 Å². The van der Waals surface area contributed by atoms with Gasteiger partial charge >= 0.3 is 5.97 Å². The normalized spacial score (nSPS) is 18.3. The molecule has 0 bridgehead atoms. The van der Waals surface area contributed by atoms with Gasteiger partial charge in [0.1, 0.15) is 5.57 Å². The molecule has 0 saturated carbocycles. The van der Waals surface area contributed by atoms with Gasteiger partial charge in [-0.1, -0.05) is 18.2 Å². The van der Waals surface area contributed by atoms with Gasteiger partial charge in [0.25, 0.3) is 11.8 Å². The fourth-order valence-electron chi connectivity index (χ4n) is 3.44. The molecule has 8 nitrogen and oxygen atoms in total.